The molecular formula is C14H14ClN3O. The number of alkyl halides is 1. The maximum absolute atomic E-state index is 6.25. The average Bonchev–Trinajstić information content (AvgIpc) is 3.05. The Hall–Kier alpha value is -1.81. The molecule has 3 heterocycles. The highest BCUT2D eigenvalue weighted by molar-refractivity contribution is 6.20. The highest BCUT2D eigenvalue weighted by Crippen LogP contribution is 2.30. The van der Waals surface area contributed by atoms with Crippen LogP contribution in [0, 0.1) is 0 Å². The van der Waals surface area contributed by atoms with Crippen molar-refractivity contribution in [2.24, 2.45) is 0 Å². The number of hydrogen-bond donors (Lipinski definition) is 0. The minimum absolute atomic E-state index is 0.0404. The predicted molar refractivity (Wildman–Crippen MR) is 74.3 cm³/mol. The van der Waals surface area contributed by atoms with Crippen LogP contribution in [0.25, 0.3) is 11.0 Å². The molecule has 0 aliphatic rings. The lowest BCUT2D eigenvalue weighted by Crippen LogP contribution is -2.10. The molecule has 0 N–H and O–H groups in total. The summed E-state index contributed by atoms with van der Waals surface area (Å²) in [5.74, 6) is 1.71. The third-order valence-electron chi connectivity index (χ3n) is 3.22. The normalized spacial score (nSPS) is 14.7. The minimum Gasteiger partial charge on any atom is -0.467 e. The number of pyridine rings is 1. The topological polar surface area (TPSA) is 43.9 Å². The Labute approximate surface area is 116 Å². The average molecular weight is 276 g/mol. The molecule has 0 aliphatic heterocycles. The lowest BCUT2D eigenvalue weighted by atomic mass is 10.2. The second kappa shape index (κ2) is 4.70. The predicted octanol–water partition coefficient (Wildman–Crippen LogP) is 3.93. The largest absolute Gasteiger partial charge is 0.467 e. The number of rotatable bonds is 3. The molecule has 0 spiro atoms. The van der Waals surface area contributed by atoms with Gasteiger partial charge >= 0.3 is 0 Å². The van der Waals surface area contributed by atoms with Gasteiger partial charge in [-0.15, -0.1) is 11.6 Å². The SMILES string of the molecule is CC(Cl)c1nc2cnccc2n1C(C)c1ccco1. The van der Waals surface area contributed by atoms with Gasteiger partial charge in [-0.1, -0.05) is 0 Å². The van der Waals surface area contributed by atoms with Crippen molar-refractivity contribution in [2.45, 2.75) is 25.3 Å². The van der Waals surface area contributed by atoms with Crippen molar-refractivity contribution >= 4 is 22.6 Å². The van der Waals surface area contributed by atoms with Crippen LogP contribution in [0.15, 0.2) is 41.3 Å². The Bertz CT molecular complexity index is 688. The van der Waals surface area contributed by atoms with E-state index in [-0.39, 0.29) is 11.4 Å². The molecule has 3 aromatic heterocycles. The molecule has 4 nitrogen and oxygen atoms in total. The first-order chi connectivity index (χ1) is 9.18. The molecule has 0 saturated heterocycles. The Balaban J connectivity index is 2.23. The summed E-state index contributed by atoms with van der Waals surface area (Å²) in [6.07, 6.45) is 5.19. The summed E-state index contributed by atoms with van der Waals surface area (Å²) in [6.45, 7) is 3.99. The number of furan rings is 1. The van der Waals surface area contributed by atoms with Gasteiger partial charge in [0.1, 0.15) is 17.1 Å². The van der Waals surface area contributed by atoms with Gasteiger partial charge in [-0.2, -0.15) is 0 Å². The van der Waals surface area contributed by atoms with E-state index in [0.29, 0.717) is 0 Å². The molecule has 3 rings (SSSR count). The van der Waals surface area contributed by atoms with Crippen LogP contribution >= 0.6 is 11.6 Å². The van der Waals surface area contributed by atoms with E-state index in [1.54, 1.807) is 18.7 Å². The van der Waals surface area contributed by atoms with E-state index in [4.69, 9.17) is 16.0 Å². The monoisotopic (exact) mass is 275 g/mol. The summed E-state index contributed by atoms with van der Waals surface area (Å²) in [5.41, 5.74) is 1.87. The molecule has 98 valence electrons. The summed E-state index contributed by atoms with van der Waals surface area (Å²) in [5, 5.41) is -0.176. The molecule has 2 atom stereocenters. The second-order valence-corrected chi connectivity index (χ2v) is 5.17. The lowest BCUT2D eigenvalue weighted by molar-refractivity contribution is 0.444. The van der Waals surface area contributed by atoms with Gasteiger partial charge in [0.15, 0.2) is 0 Å². The first-order valence-corrected chi connectivity index (χ1v) is 6.61. The number of aromatic nitrogens is 3. The van der Waals surface area contributed by atoms with Gasteiger partial charge < -0.3 is 8.98 Å². The van der Waals surface area contributed by atoms with Crippen molar-refractivity contribution in [3.8, 4) is 0 Å². The van der Waals surface area contributed by atoms with Gasteiger partial charge in [0.05, 0.1) is 29.4 Å². The zero-order valence-electron chi connectivity index (χ0n) is 10.7. The summed E-state index contributed by atoms with van der Waals surface area (Å²) in [7, 11) is 0. The van der Waals surface area contributed by atoms with E-state index >= 15 is 0 Å². The van der Waals surface area contributed by atoms with Crippen LogP contribution in [0.3, 0.4) is 0 Å². The second-order valence-electron chi connectivity index (χ2n) is 4.51. The standard InChI is InChI=1S/C14H14ClN3O/c1-9(15)14-17-11-8-16-6-5-12(11)18(14)10(2)13-4-3-7-19-13/h3-10H,1-2H3. The Kier molecular flexibility index (Phi) is 3.03. The molecule has 0 radical (unpaired) electrons. The van der Waals surface area contributed by atoms with Crippen LogP contribution in [0.5, 0.6) is 0 Å². The highest BCUT2D eigenvalue weighted by atomic mass is 35.5. The third kappa shape index (κ3) is 2.02. The minimum atomic E-state index is -0.176. The van der Waals surface area contributed by atoms with Gasteiger partial charge in [0.2, 0.25) is 0 Å². The van der Waals surface area contributed by atoms with Crippen LogP contribution in [0.4, 0.5) is 0 Å². The zero-order chi connectivity index (χ0) is 13.4. The third-order valence-corrected chi connectivity index (χ3v) is 3.41. The molecule has 0 aliphatic carbocycles. The fraction of sp³-hybridized carbons (Fsp3) is 0.286. The molecular weight excluding hydrogens is 262 g/mol. The van der Waals surface area contributed by atoms with Gasteiger partial charge in [0, 0.05) is 6.20 Å². The van der Waals surface area contributed by atoms with Crippen molar-refractivity contribution in [1.82, 2.24) is 14.5 Å². The first kappa shape index (κ1) is 12.2. The number of hydrogen-bond acceptors (Lipinski definition) is 3. The fourth-order valence-corrected chi connectivity index (χ4v) is 2.47. The fourth-order valence-electron chi connectivity index (χ4n) is 2.31. The lowest BCUT2D eigenvalue weighted by Gasteiger charge is -2.16. The van der Waals surface area contributed by atoms with Crippen molar-refractivity contribution in [1.29, 1.82) is 0 Å². The van der Waals surface area contributed by atoms with Crippen molar-refractivity contribution in [2.75, 3.05) is 0 Å². The molecule has 2 unspecified atom stereocenters. The molecule has 0 saturated carbocycles. The molecule has 0 fully saturated rings. The molecule has 5 heteroatoms. The Morgan fingerprint density at radius 3 is 2.84 bits per heavy atom. The zero-order valence-corrected chi connectivity index (χ0v) is 11.5. The van der Waals surface area contributed by atoms with Gasteiger partial charge in [-0.3, -0.25) is 4.98 Å². The summed E-state index contributed by atoms with van der Waals surface area (Å²) in [4.78, 5) is 8.68. The van der Waals surface area contributed by atoms with Crippen LogP contribution in [0.1, 0.15) is 36.9 Å². The first-order valence-electron chi connectivity index (χ1n) is 6.18. The Morgan fingerprint density at radius 2 is 2.16 bits per heavy atom. The number of halogens is 1. The number of fused-ring (bicyclic) bond motifs is 1. The van der Waals surface area contributed by atoms with E-state index in [1.807, 2.05) is 25.1 Å². The summed E-state index contributed by atoms with van der Waals surface area (Å²) in [6, 6.07) is 5.83. The van der Waals surface area contributed by atoms with Gasteiger partial charge in [0.25, 0.3) is 0 Å². The van der Waals surface area contributed by atoms with E-state index in [9.17, 15) is 0 Å². The molecule has 0 amide bonds. The van der Waals surface area contributed by atoms with Crippen LogP contribution in [0.2, 0.25) is 0 Å². The van der Waals surface area contributed by atoms with E-state index in [0.717, 1.165) is 22.6 Å². The molecule has 0 aromatic carbocycles. The van der Waals surface area contributed by atoms with E-state index in [2.05, 4.69) is 21.5 Å². The van der Waals surface area contributed by atoms with Gasteiger partial charge in [-0.05, 0) is 32.0 Å². The molecule has 19 heavy (non-hydrogen) atoms. The van der Waals surface area contributed by atoms with E-state index < -0.39 is 0 Å². The van der Waals surface area contributed by atoms with Crippen molar-refractivity contribution in [3.63, 3.8) is 0 Å². The smallest absolute Gasteiger partial charge is 0.128 e. The van der Waals surface area contributed by atoms with Crippen molar-refractivity contribution in [3.05, 3.63) is 48.4 Å². The van der Waals surface area contributed by atoms with Crippen LogP contribution < -0.4 is 0 Å². The quantitative estimate of drug-likeness (QED) is 0.680. The van der Waals surface area contributed by atoms with Crippen LogP contribution in [-0.2, 0) is 0 Å². The summed E-state index contributed by atoms with van der Waals surface area (Å²) < 4.78 is 7.60. The van der Waals surface area contributed by atoms with E-state index in [1.165, 1.54) is 0 Å². The number of nitrogens with zero attached hydrogens (tertiary/aromatic N) is 3. The van der Waals surface area contributed by atoms with Crippen molar-refractivity contribution < 1.29 is 4.42 Å². The molecule has 0 bridgehead atoms. The molecule has 3 aromatic rings. The Morgan fingerprint density at radius 1 is 1.32 bits per heavy atom. The summed E-state index contributed by atoms with van der Waals surface area (Å²) >= 11 is 6.25. The maximum atomic E-state index is 6.25. The van der Waals surface area contributed by atoms with Crippen LogP contribution in [-0.4, -0.2) is 14.5 Å². The maximum Gasteiger partial charge on any atom is 0.128 e. The highest BCUT2D eigenvalue weighted by Gasteiger charge is 2.21. The number of imidazole rings is 1. The van der Waals surface area contributed by atoms with Gasteiger partial charge in [-0.25, -0.2) is 4.98 Å².